The number of methoxy groups -OCH3 is 1. The van der Waals surface area contributed by atoms with Gasteiger partial charge in [0.25, 0.3) is 6.02 Å². The lowest BCUT2D eigenvalue weighted by atomic mass is 10.3. The molecule has 1 heterocycles. The Hall–Kier alpha value is -1.84. The highest BCUT2D eigenvalue weighted by Gasteiger charge is 2.04. The maximum Gasteiger partial charge on any atom is 0.294 e. The summed E-state index contributed by atoms with van der Waals surface area (Å²) < 4.78 is 6.40. The number of aromatic nitrogens is 2. The number of hydrogen-bond acceptors (Lipinski definition) is 3. The Kier molecular flexibility index (Phi) is 1.73. The van der Waals surface area contributed by atoms with Crippen molar-refractivity contribution < 1.29 is 4.74 Å². The molecule has 0 unspecified atom stereocenters. The maximum absolute atomic E-state index is 7.48. The average Bonchev–Trinajstić information content (AvgIpc) is 2.60. The van der Waals surface area contributed by atoms with Crippen LogP contribution in [-0.2, 0) is 4.74 Å². The van der Waals surface area contributed by atoms with Gasteiger partial charge in [0.15, 0.2) is 0 Å². The zero-order valence-electron chi connectivity index (χ0n) is 7.19. The van der Waals surface area contributed by atoms with E-state index in [4.69, 9.17) is 10.1 Å². The number of nitrogens with one attached hydrogen (secondary N) is 1. The van der Waals surface area contributed by atoms with Crippen molar-refractivity contribution in [2.75, 3.05) is 7.11 Å². The molecule has 0 amide bonds. The molecule has 0 aliphatic carbocycles. The number of ether oxygens (including phenoxy) is 1. The minimum Gasteiger partial charge on any atom is -0.468 e. The maximum atomic E-state index is 7.48. The molecule has 4 heteroatoms. The molecule has 4 nitrogen and oxygen atoms in total. The molecule has 2 aromatic rings. The highest BCUT2D eigenvalue weighted by atomic mass is 16.5. The second-order valence-corrected chi connectivity index (χ2v) is 2.61. The number of fused-ring (bicyclic) bond motifs is 1. The average molecular weight is 175 g/mol. The number of nitrogens with zero attached hydrogens (tertiary/aromatic N) is 2. The lowest BCUT2D eigenvalue weighted by Crippen LogP contribution is -2.10. The van der Waals surface area contributed by atoms with Crippen molar-refractivity contribution >= 4 is 17.1 Å². The van der Waals surface area contributed by atoms with E-state index >= 15 is 0 Å². The van der Waals surface area contributed by atoms with Gasteiger partial charge in [0, 0.05) is 0 Å². The van der Waals surface area contributed by atoms with E-state index in [0.717, 1.165) is 11.0 Å². The highest BCUT2D eigenvalue weighted by molar-refractivity contribution is 5.87. The Morgan fingerprint density at radius 3 is 3.00 bits per heavy atom. The van der Waals surface area contributed by atoms with Crippen molar-refractivity contribution in [1.82, 2.24) is 9.55 Å². The van der Waals surface area contributed by atoms with Gasteiger partial charge < -0.3 is 4.74 Å². The number of benzene rings is 1. The fourth-order valence-electron chi connectivity index (χ4n) is 1.22. The van der Waals surface area contributed by atoms with Crippen LogP contribution in [0.15, 0.2) is 30.6 Å². The predicted octanol–water partition coefficient (Wildman–Crippen LogP) is 1.47. The first kappa shape index (κ1) is 7.79. The molecule has 1 N–H and O–H groups in total. The summed E-state index contributed by atoms with van der Waals surface area (Å²) in [6, 6.07) is 7.69. The molecule has 0 bridgehead atoms. The first-order chi connectivity index (χ1) is 6.33. The van der Waals surface area contributed by atoms with Gasteiger partial charge in [0.1, 0.15) is 6.33 Å². The van der Waals surface area contributed by atoms with Crippen LogP contribution in [-0.4, -0.2) is 22.7 Å². The molecule has 0 aliphatic rings. The second kappa shape index (κ2) is 2.90. The van der Waals surface area contributed by atoms with E-state index in [-0.39, 0.29) is 6.02 Å². The fraction of sp³-hybridized carbons (Fsp3) is 0.111. The number of para-hydroxylation sites is 2. The molecule has 0 spiro atoms. The molecule has 1 aromatic heterocycles. The van der Waals surface area contributed by atoms with Crippen molar-refractivity contribution in [2.45, 2.75) is 0 Å². The van der Waals surface area contributed by atoms with Crippen LogP contribution in [0.25, 0.3) is 11.0 Å². The molecule has 0 saturated carbocycles. The van der Waals surface area contributed by atoms with Crippen molar-refractivity contribution in [1.29, 1.82) is 5.41 Å². The number of hydrogen-bond donors (Lipinski definition) is 1. The molecule has 0 fully saturated rings. The molecule has 0 atom stereocenters. The van der Waals surface area contributed by atoms with Gasteiger partial charge in [-0.3, -0.25) is 9.98 Å². The summed E-state index contributed by atoms with van der Waals surface area (Å²) in [5.74, 6) is 0. The number of rotatable bonds is 0. The van der Waals surface area contributed by atoms with E-state index in [9.17, 15) is 0 Å². The van der Waals surface area contributed by atoms with Gasteiger partial charge in [-0.2, -0.15) is 0 Å². The first-order valence-electron chi connectivity index (χ1n) is 3.88. The van der Waals surface area contributed by atoms with Gasteiger partial charge >= 0.3 is 0 Å². The van der Waals surface area contributed by atoms with Crippen LogP contribution < -0.4 is 0 Å². The molecule has 0 aliphatic heterocycles. The smallest absolute Gasteiger partial charge is 0.294 e. The van der Waals surface area contributed by atoms with Crippen molar-refractivity contribution in [2.24, 2.45) is 0 Å². The van der Waals surface area contributed by atoms with Crippen LogP contribution in [0.5, 0.6) is 0 Å². The number of imidazole rings is 1. The van der Waals surface area contributed by atoms with Crippen LogP contribution >= 0.6 is 0 Å². The monoisotopic (exact) mass is 175 g/mol. The summed E-state index contributed by atoms with van der Waals surface area (Å²) >= 11 is 0. The van der Waals surface area contributed by atoms with Crippen LogP contribution in [0.3, 0.4) is 0 Å². The summed E-state index contributed by atoms with van der Waals surface area (Å²) in [6.07, 6.45) is 1.58. The van der Waals surface area contributed by atoms with Gasteiger partial charge in [0.2, 0.25) is 0 Å². The van der Waals surface area contributed by atoms with E-state index in [1.807, 2.05) is 24.3 Å². The van der Waals surface area contributed by atoms with Crippen molar-refractivity contribution in [3.8, 4) is 0 Å². The molecular weight excluding hydrogens is 166 g/mol. The van der Waals surface area contributed by atoms with Gasteiger partial charge in [-0.05, 0) is 12.1 Å². The summed E-state index contributed by atoms with van der Waals surface area (Å²) in [4.78, 5) is 4.13. The molecule has 0 saturated heterocycles. The van der Waals surface area contributed by atoms with Crippen molar-refractivity contribution in [3.63, 3.8) is 0 Å². The normalized spacial score (nSPS) is 10.2. The third-order valence-corrected chi connectivity index (χ3v) is 1.87. The second-order valence-electron chi connectivity index (χ2n) is 2.61. The molecule has 66 valence electrons. The lowest BCUT2D eigenvalue weighted by molar-refractivity contribution is 0.381. The Bertz CT molecular complexity index is 447. The van der Waals surface area contributed by atoms with E-state index in [2.05, 4.69) is 4.98 Å². The quantitative estimate of drug-likeness (QED) is 0.487. The highest BCUT2D eigenvalue weighted by Crippen LogP contribution is 2.11. The largest absolute Gasteiger partial charge is 0.468 e. The summed E-state index contributed by atoms with van der Waals surface area (Å²) in [6.45, 7) is 0. The standard InChI is InChI=1S/C9H9N3O/c1-13-9(10)12-6-11-7-4-2-3-5-8(7)12/h2-6,10H,1H3. The SMILES string of the molecule is COC(=N)n1cnc2ccccc21. The van der Waals surface area contributed by atoms with Crippen LogP contribution in [0.4, 0.5) is 0 Å². The van der Waals surface area contributed by atoms with Crippen LogP contribution in [0.2, 0.25) is 0 Å². The third-order valence-electron chi connectivity index (χ3n) is 1.87. The zero-order chi connectivity index (χ0) is 9.26. The lowest BCUT2D eigenvalue weighted by Gasteiger charge is -2.02. The minimum atomic E-state index is 0.0775. The van der Waals surface area contributed by atoms with Gasteiger partial charge in [-0.1, -0.05) is 12.1 Å². The van der Waals surface area contributed by atoms with E-state index < -0.39 is 0 Å². The zero-order valence-corrected chi connectivity index (χ0v) is 7.19. The van der Waals surface area contributed by atoms with E-state index in [0.29, 0.717) is 0 Å². The summed E-state index contributed by atoms with van der Waals surface area (Å²) in [7, 11) is 1.47. The Morgan fingerprint density at radius 1 is 1.46 bits per heavy atom. The molecule has 13 heavy (non-hydrogen) atoms. The Labute approximate surface area is 75.3 Å². The van der Waals surface area contributed by atoms with Gasteiger partial charge in [-0.15, -0.1) is 0 Å². The third kappa shape index (κ3) is 1.16. The molecule has 0 radical (unpaired) electrons. The van der Waals surface area contributed by atoms with Gasteiger partial charge in [0.05, 0.1) is 18.1 Å². The fourth-order valence-corrected chi connectivity index (χ4v) is 1.22. The van der Waals surface area contributed by atoms with Gasteiger partial charge in [-0.25, -0.2) is 4.98 Å². The molecule has 1 aromatic carbocycles. The Balaban J connectivity index is 2.64. The topological polar surface area (TPSA) is 50.9 Å². The predicted molar refractivity (Wildman–Crippen MR) is 49.9 cm³/mol. The van der Waals surface area contributed by atoms with E-state index in [1.165, 1.54) is 7.11 Å². The molecule has 2 rings (SSSR count). The van der Waals surface area contributed by atoms with Crippen molar-refractivity contribution in [3.05, 3.63) is 30.6 Å². The first-order valence-corrected chi connectivity index (χ1v) is 3.88. The minimum absolute atomic E-state index is 0.0775. The van der Waals surface area contributed by atoms with Crippen LogP contribution in [0.1, 0.15) is 0 Å². The Morgan fingerprint density at radius 2 is 2.23 bits per heavy atom. The van der Waals surface area contributed by atoms with Crippen LogP contribution in [0, 0.1) is 5.41 Å². The summed E-state index contributed by atoms with van der Waals surface area (Å²) in [5.41, 5.74) is 1.75. The van der Waals surface area contributed by atoms with E-state index in [1.54, 1.807) is 10.9 Å². The molecular formula is C9H9N3O. The summed E-state index contributed by atoms with van der Waals surface area (Å²) in [5, 5.41) is 7.48.